The van der Waals surface area contributed by atoms with E-state index in [9.17, 15) is 19.2 Å². The molecule has 0 radical (unpaired) electrons. The van der Waals surface area contributed by atoms with Gasteiger partial charge in [-0.25, -0.2) is 4.90 Å². The Hall–Kier alpha value is -4.26. The van der Waals surface area contributed by atoms with Crippen molar-refractivity contribution in [1.82, 2.24) is 5.32 Å². The third kappa shape index (κ3) is 4.71. The zero-order chi connectivity index (χ0) is 25.3. The average Bonchev–Trinajstić information content (AvgIpc) is 3.10. The molecule has 35 heavy (non-hydrogen) atoms. The quantitative estimate of drug-likeness (QED) is 0.500. The molecule has 0 fully saturated rings. The van der Waals surface area contributed by atoms with Crippen molar-refractivity contribution in [2.24, 2.45) is 0 Å². The minimum absolute atomic E-state index is 0.0696. The Morgan fingerprint density at radius 2 is 1.57 bits per heavy atom. The molecule has 0 saturated heterocycles. The molecule has 4 amide bonds. The van der Waals surface area contributed by atoms with Crippen molar-refractivity contribution in [2.45, 2.75) is 40.2 Å². The van der Waals surface area contributed by atoms with Crippen LogP contribution < -0.4 is 15.5 Å². The Morgan fingerprint density at radius 3 is 2.26 bits per heavy atom. The number of rotatable bonds is 6. The van der Waals surface area contributed by atoms with Gasteiger partial charge in [-0.2, -0.15) is 0 Å². The van der Waals surface area contributed by atoms with Crippen molar-refractivity contribution in [3.05, 3.63) is 94.0 Å². The molecule has 178 valence electrons. The summed E-state index contributed by atoms with van der Waals surface area (Å²) in [5.41, 5.74) is 4.66. The minimum atomic E-state index is -0.439. The molecule has 2 N–H and O–H groups in total. The first-order chi connectivity index (χ1) is 16.7. The Morgan fingerprint density at radius 1 is 0.886 bits per heavy atom. The molecule has 0 aromatic heterocycles. The number of nitrogens with zero attached hydrogens (tertiary/aromatic N) is 1. The molecule has 1 aliphatic rings. The summed E-state index contributed by atoms with van der Waals surface area (Å²) in [6.07, 6.45) is 0.394. The molecule has 7 heteroatoms. The van der Waals surface area contributed by atoms with Crippen LogP contribution in [0.4, 0.5) is 11.4 Å². The molecule has 7 nitrogen and oxygen atoms in total. The number of nitrogens with one attached hydrogen (secondary N) is 2. The van der Waals surface area contributed by atoms with Gasteiger partial charge in [-0.05, 0) is 73.9 Å². The van der Waals surface area contributed by atoms with E-state index in [1.807, 2.05) is 51.1 Å². The Balaban J connectivity index is 1.51. The van der Waals surface area contributed by atoms with Crippen LogP contribution in [0.15, 0.2) is 60.7 Å². The fourth-order valence-electron chi connectivity index (χ4n) is 4.03. The lowest BCUT2D eigenvalue weighted by molar-refractivity contribution is -0.115. The van der Waals surface area contributed by atoms with Gasteiger partial charge in [0.15, 0.2) is 0 Å². The number of amides is 4. The van der Waals surface area contributed by atoms with E-state index in [-0.39, 0.29) is 29.0 Å². The minimum Gasteiger partial charge on any atom is -0.346 e. The molecule has 1 unspecified atom stereocenters. The van der Waals surface area contributed by atoms with E-state index < -0.39 is 11.8 Å². The molecular formula is C28H27N3O4. The summed E-state index contributed by atoms with van der Waals surface area (Å²) in [4.78, 5) is 51.8. The highest BCUT2D eigenvalue weighted by molar-refractivity contribution is 6.35. The van der Waals surface area contributed by atoms with Crippen LogP contribution in [0.25, 0.3) is 0 Å². The van der Waals surface area contributed by atoms with Crippen LogP contribution in [-0.2, 0) is 4.79 Å². The predicted octanol–water partition coefficient (Wildman–Crippen LogP) is 4.94. The molecule has 3 aromatic rings. The third-order valence-corrected chi connectivity index (χ3v) is 6.12. The lowest BCUT2D eigenvalue weighted by atomic mass is 10.0. The number of hydrogen-bond acceptors (Lipinski definition) is 4. The van der Waals surface area contributed by atoms with Crippen molar-refractivity contribution >= 4 is 35.0 Å². The van der Waals surface area contributed by atoms with Gasteiger partial charge in [0.05, 0.1) is 22.9 Å². The molecule has 1 atom stereocenters. The number of carbonyl (C=O) groups excluding carboxylic acids is 4. The lowest BCUT2D eigenvalue weighted by Crippen LogP contribution is -2.30. The summed E-state index contributed by atoms with van der Waals surface area (Å²) in [5, 5.41) is 5.71. The molecule has 3 aromatic carbocycles. The van der Waals surface area contributed by atoms with E-state index in [1.165, 1.54) is 17.0 Å². The van der Waals surface area contributed by atoms with Crippen LogP contribution in [0.1, 0.15) is 74.1 Å². The van der Waals surface area contributed by atoms with Gasteiger partial charge >= 0.3 is 0 Å². The number of benzene rings is 3. The predicted molar refractivity (Wildman–Crippen MR) is 135 cm³/mol. The Bertz CT molecular complexity index is 1340. The molecule has 0 spiro atoms. The van der Waals surface area contributed by atoms with Gasteiger partial charge in [0.25, 0.3) is 17.7 Å². The van der Waals surface area contributed by atoms with Crippen molar-refractivity contribution in [3.63, 3.8) is 0 Å². The molecule has 0 bridgehead atoms. The molecule has 0 aliphatic carbocycles. The summed E-state index contributed by atoms with van der Waals surface area (Å²) in [7, 11) is 0. The molecular weight excluding hydrogens is 442 g/mol. The second-order valence-electron chi connectivity index (χ2n) is 8.71. The van der Waals surface area contributed by atoms with Crippen LogP contribution >= 0.6 is 0 Å². The highest BCUT2D eigenvalue weighted by Crippen LogP contribution is 2.32. The van der Waals surface area contributed by atoms with Crippen LogP contribution in [0.2, 0.25) is 0 Å². The standard InChI is InChI=1S/C28H27N3O4/c1-5-25(32)30-21-11-8-19(9-12-21)18(4)29-26(33)20-10-13-22-23(15-20)28(35)31(27(22)34)24-14-16(2)6-7-17(24)3/h6-15,18H,5H2,1-4H3,(H,29,33)(H,30,32). The summed E-state index contributed by atoms with van der Waals surface area (Å²) in [6.45, 7) is 7.38. The van der Waals surface area contributed by atoms with Gasteiger partial charge in [-0.1, -0.05) is 31.2 Å². The second-order valence-corrected chi connectivity index (χ2v) is 8.71. The molecule has 4 rings (SSSR count). The van der Waals surface area contributed by atoms with Crippen molar-refractivity contribution in [3.8, 4) is 0 Å². The maximum Gasteiger partial charge on any atom is 0.266 e. The van der Waals surface area contributed by atoms with E-state index in [0.29, 0.717) is 23.4 Å². The van der Waals surface area contributed by atoms with Crippen LogP contribution in [0.3, 0.4) is 0 Å². The van der Waals surface area contributed by atoms with Gasteiger partial charge in [0, 0.05) is 17.7 Å². The van der Waals surface area contributed by atoms with Crippen LogP contribution in [0.5, 0.6) is 0 Å². The Kier molecular flexibility index (Phi) is 6.51. The monoisotopic (exact) mass is 469 g/mol. The van der Waals surface area contributed by atoms with Crippen molar-refractivity contribution < 1.29 is 19.2 Å². The number of anilines is 2. The average molecular weight is 470 g/mol. The van der Waals surface area contributed by atoms with E-state index in [0.717, 1.165) is 16.7 Å². The largest absolute Gasteiger partial charge is 0.346 e. The first-order valence-corrected chi connectivity index (χ1v) is 11.5. The van der Waals surface area contributed by atoms with E-state index in [1.54, 1.807) is 25.1 Å². The number of aryl methyl sites for hydroxylation is 2. The summed E-state index contributed by atoms with van der Waals surface area (Å²) < 4.78 is 0. The SMILES string of the molecule is CCC(=O)Nc1ccc(C(C)NC(=O)c2ccc3c(c2)C(=O)N(c2cc(C)ccc2C)C3=O)cc1. The van der Waals surface area contributed by atoms with E-state index in [4.69, 9.17) is 0 Å². The van der Waals surface area contributed by atoms with E-state index >= 15 is 0 Å². The zero-order valence-electron chi connectivity index (χ0n) is 20.1. The van der Waals surface area contributed by atoms with Gasteiger partial charge in [-0.3, -0.25) is 19.2 Å². The molecule has 0 saturated carbocycles. The first-order valence-electron chi connectivity index (χ1n) is 11.5. The second kappa shape index (κ2) is 9.54. The van der Waals surface area contributed by atoms with Gasteiger partial charge in [-0.15, -0.1) is 0 Å². The Labute approximate surface area is 204 Å². The molecule has 1 aliphatic heterocycles. The highest BCUT2D eigenvalue weighted by atomic mass is 16.2. The lowest BCUT2D eigenvalue weighted by Gasteiger charge is -2.17. The van der Waals surface area contributed by atoms with Crippen LogP contribution in [-0.4, -0.2) is 23.6 Å². The summed E-state index contributed by atoms with van der Waals surface area (Å²) >= 11 is 0. The maximum atomic E-state index is 13.2. The highest BCUT2D eigenvalue weighted by Gasteiger charge is 2.37. The number of carbonyl (C=O) groups is 4. The van der Waals surface area contributed by atoms with Crippen LogP contribution in [0, 0.1) is 13.8 Å². The topological polar surface area (TPSA) is 95.6 Å². The van der Waals surface area contributed by atoms with Crippen molar-refractivity contribution in [2.75, 3.05) is 10.2 Å². The molecule has 1 heterocycles. The zero-order valence-corrected chi connectivity index (χ0v) is 20.1. The third-order valence-electron chi connectivity index (χ3n) is 6.12. The van der Waals surface area contributed by atoms with E-state index in [2.05, 4.69) is 10.6 Å². The maximum absolute atomic E-state index is 13.2. The van der Waals surface area contributed by atoms with Crippen molar-refractivity contribution in [1.29, 1.82) is 0 Å². The summed E-state index contributed by atoms with van der Waals surface area (Å²) in [5.74, 6) is -1.26. The fourth-order valence-corrected chi connectivity index (χ4v) is 4.03. The first kappa shape index (κ1) is 23.9. The van der Waals surface area contributed by atoms with Gasteiger partial charge in [0.1, 0.15) is 0 Å². The number of hydrogen-bond donors (Lipinski definition) is 2. The van der Waals surface area contributed by atoms with Gasteiger partial charge < -0.3 is 10.6 Å². The smallest absolute Gasteiger partial charge is 0.266 e. The normalized spacial score (nSPS) is 13.4. The summed E-state index contributed by atoms with van der Waals surface area (Å²) in [6, 6.07) is 17.1. The fraction of sp³-hybridized carbons (Fsp3) is 0.214. The van der Waals surface area contributed by atoms with Gasteiger partial charge in [0.2, 0.25) is 5.91 Å². The number of imide groups is 1. The number of fused-ring (bicyclic) bond motifs is 1.